The number of rotatable bonds is 2. The van der Waals surface area contributed by atoms with E-state index >= 15 is 0 Å². The van der Waals surface area contributed by atoms with Crippen molar-refractivity contribution in [2.45, 2.75) is 0 Å². The molecule has 0 aliphatic heterocycles. The minimum Gasteiger partial charge on any atom is -0.481 e. The van der Waals surface area contributed by atoms with E-state index in [4.69, 9.17) is 4.74 Å². The first-order chi connectivity index (χ1) is 6.79. The zero-order valence-electron chi connectivity index (χ0n) is 7.38. The highest BCUT2D eigenvalue weighted by atomic mass is 19.1. The van der Waals surface area contributed by atoms with E-state index in [9.17, 15) is 4.39 Å². The van der Waals surface area contributed by atoms with Gasteiger partial charge in [-0.2, -0.15) is 5.10 Å². The van der Waals surface area contributed by atoms with E-state index in [1.54, 1.807) is 6.07 Å². The van der Waals surface area contributed by atoms with Gasteiger partial charge >= 0.3 is 0 Å². The van der Waals surface area contributed by atoms with Gasteiger partial charge < -0.3 is 4.74 Å². The highest BCUT2D eigenvalue weighted by Crippen LogP contribution is 2.09. The Hall–Kier alpha value is -1.98. The third-order valence-electron chi connectivity index (χ3n) is 1.62. The quantitative estimate of drug-likeness (QED) is 0.709. The van der Waals surface area contributed by atoms with Crippen molar-refractivity contribution >= 4 is 0 Å². The van der Waals surface area contributed by atoms with E-state index in [1.165, 1.54) is 24.3 Å². The van der Waals surface area contributed by atoms with Crippen LogP contribution >= 0.6 is 0 Å². The third kappa shape index (κ3) is 1.54. The SMILES string of the molecule is COc1cc(-n2cc(F)cn2)ncn1. The van der Waals surface area contributed by atoms with Crippen LogP contribution in [-0.4, -0.2) is 26.9 Å². The normalized spacial score (nSPS) is 10.1. The molecule has 0 aliphatic carbocycles. The molecule has 6 heteroatoms. The van der Waals surface area contributed by atoms with Gasteiger partial charge in [0.1, 0.15) is 6.33 Å². The molecule has 0 saturated heterocycles. The fourth-order valence-corrected chi connectivity index (χ4v) is 0.993. The predicted molar refractivity (Wildman–Crippen MR) is 45.7 cm³/mol. The second-order valence-electron chi connectivity index (χ2n) is 2.52. The van der Waals surface area contributed by atoms with E-state index in [1.807, 2.05) is 0 Å². The van der Waals surface area contributed by atoms with E-state index in [-0.39, 0.29) is 0 Å². The monoisotopic (exact) mass is 194 g/mol. The molecule has 0 aromatic carbocycles. The van der Waals surface area contributed by atoms with Crippen molar-refractivity contribution in [3.63, 3.8) is 0 Å². The fourth-order valence-electron chi connectivity index (χ4n) is 0.993. The predicted octanol–water partition coefficient (Wildman–Crippen LogP) is 0.810. The highest BCUT2D eigenvalue weighted by molar-refractivity contribution is 5.25. The number of nitrogens with zero attached hydrogens (tertiary/aromatic N) is 4. The molecule has 0 unspecified atom stereocenters. The lowest BCUT2D eigenvalue weighted by Gasteiger charge is -2.01. The van der Waals surface area contributed by atoms with E-state index < -0.39 is 5.82 Å². The second-order valence-corrected chi connectivity index (χ2v) is 2.52. The van der Waals surface area contributed by atoms with Crippen molar-refractivity contribution in [2.24, 2.45) is 0 Å². The van der Waals surface area contributed by atoms with Gasteiger partial charge in [-0.1, -0.05) is 0 Å². The molecule has 0 bridgehead atoms. The zero-order chi connectivity index (χ0) is 9.97. The Labute approximate surface area is 79.2 Å². The minimum absolute atomic E-state index is 0.408. The van der Waals surface area contributed by atoms with Gasteiger partial charge in [0.25, 0.3) is 0 Å². The Balaban J connectivity index is 2.41. The minimum atomic E-state index is -0.414. The van der Waals surface area contributed by atoms with Crippen LogP contribution in [0.25, 0.3) is 5.82 Å². The van der Waals surface area contributed by atoms with Crippen LogP contribution in [0.15, 0.2) is 24.8 Å². The maximum Gasteiger partial charge on any atom is 0.218 e. The molecule has 0 radical (unpaired) electrons. The molecule has 0 saturated carbocycles. The summed E-state index contributed by atoms with van der Waals surface area (Å²) in [7, 11) is 1.50. The molecule has 0 N–H and O–H groups in total. The number of hydrogen-bond acceptors (Lipinski definition) is 4. The second kappa shape index (κ2) is 3.41. The molecule has 2 aromatic heterocycles. The summed E-state index contributed by atoms with van der Waals surface area (Å²) in [6.45, 7) is 0. The molecule has 0 amide bonds. The van der Waals surface area contributed by atoms with Crippen molar-refractivity contribution in [2.75, 3.05) is 7.11 Å². The molecule has 2 rings (SSSR count). The van der Waals surface area contributed by atoms with Gasteiger partial charge in [-0.3, -0.25) is 0 Å². The molecule has 0 aliphatic rings. The summed E-state index contributed by atoms with van der Waals surface area (Å²) in [6, 6.07) is 1.56. The smallest absolute Gasteiger partial charge is 0.218 e. The molecule has 0 atom stereocenters. The molecular weight excluding hydrogens is 187 g/mol. The first kappa shape index (κ1) is 8.61. The summed E-state index contributed by atoms with van der Waals surface area (Å²) in [5.74, 6) is 0.453. The maximum absolute atomic E-state index is 12.6. The lowest BCUT2D eigenvalue weighted by molar-refractivity contribution is 0.396. The Kier molecular flexibility index (Phi) is 2.10. The van der Waals surface area contributed by atoms with Crippen LogP contribution in [0.3, 0.4) is 0 Å². The van der Waals surface area contributed by atoms with Crippen LogP contribution in [0.5, 0.6) is 5.88 Å². The van der Waals surface area contributed by atoms with Crippen molar-refractivity contribution < 1.29 is 9.13 Å². The van der Waals surface area contributed by atoms with Gasteiger partial charge in [-0.05, 0) is 0 Å². The summed E-state index contributed by atoms with van der Waals surface area (Å²) in [5, 5.41) is 3.76. The van der Waals surface area contributed by atoms with Crippen LogP contribution in [0.4, 0.5) is 4.39 Å². The van der Waals surface area contributed by atoms with Gasteiger partial charge in [0.05, 0.1) is 19.5 Å². The molecule has 14 heavy (non-hydrogen) atoms. The number of halogens is 1. The van der Waals surface area contributed by atoms with Gasteiger partial charge in [0, 0.05) is 6.07 Å². The maximum atomic E-state index is 12.6. The Morgan fingerprint density at radius 3 is 2.93 bits per heavy atom. The summed E-state index contributed by atoms with van der Waals surface area (Å²) in [6.07, 6.45) is 3.66. The van der Waals surface area contributed by atoms with Gasteiger partial charge in [-0.15, -0.1) is 0 Å². The lowest BCUT2D eigenvalue weighted by atomic mass is 10.5. The number of hydrogen-bond donors (Lipinski definition) is 0. The van der Waals surface area contributed by atoms with Crippen molar-refractivity contribution in [1.82, 2.24) is 19.7 Å². The first-order valence-electron chi connectivity index (χ1n) is 3.86. The third-order valence-corrected chi connectivity index (χ3v) is 1.62. The fraction of sp³-hybridized carbons (Fsp3) is 0.125. The Morgan fingerprint density at radius 2 is 2.29 bits per heavy atom. The van der Waals surface area contributed by atoms with Gasteiger partial charge in [-0.25, -0.2) is 19.0 Å². The van der Waals surface area contributed by atoms with Crippen molar-refractivity contribution in [3.05, 3.63) is 30.6 Å². The van der Waals surface area contributed by atoms with Crippen LogP contribution in [0.2, 0.25) is 0 Å². The summed E-state index contributed by atoms with van der Waals surface area (Å²) in [5.41, 5.74) is 0. The molecule has 0 spiro atoms. The standard InChI is InChI=1S/C8H7FN4O/c1-14-8-2-7(10-5-11-8)13-4-6(9)3-12-13/h2-5H,1H3. The summed E-state index contributed by atoms with van der Waals surface area (Å²) in [4.78, 5) is 7.74. The Morgan fingerprint density at radius 1 is 1.43 bits per heavy atom. The highest BCUT2D eigenvalue weighted by Gasteiger charge is 2.02. The van der Waals surface area contributed by atoms with E-state index in [0.717, 1.165) is 6.20 Å². The molecule has 72 valence electrons. The van der Waals surface area contributed by atoms with Crippen LogP contribution in [0.1, 0.15) is 0 Å². The van der Waals surface area contributed by atoms with Gasteiger partial charge in [0.2, 0.25) is 5.88 Å². The molecule has 5 nitrogen and oxygen atoms in total. The summed E-state index contributed by atoms with van der Waals surface area (Å²) >= 11 is 0. The molecule has 2 aromatic rings. The largest absolute Gasteiger partial charge is 0.481 e. The molecule has 0 fully saturated rings. The molecule has 2 heterocycles. The number of aromatic nitrogens is 4. The van der Waals surface area contributed by atoms with Crippen molar-refractivity contribution in [3.8, 4) is 11.7 Å². The number of ether oxygens (including phenoxy) is 1. The average Bonchev–Trinajstić information content (AvgIpc) is 2.65. The van der Waals surface area contributed by atoms with E-state index in [2.05, 4.69) is 15.1 Å². The Bertz CT molecular complexity index is 442. The van der Waals surface area contributed by atoms with Crippen LogP contribution in [-0.2, 0) is 0 Å². The summed E-state index contributed by atoms with van der Waals surface area (Å²) < 4.78 is 18.8. The topological polar surface area (TPSA) is 52.8 Å². The van der Waals surface area contributed by atoms with Crippen LogP contribution in [0, 0.1) is 5.82 Å². The first-order valence-corrected chi connectivity index (χ1v) is 3.86. The molecular formula is C8H7FN4O. The number of methoxy groups -OCH3 is 1. The van der Waals surface area contributed by atoms with E-state index in [0.29, 0.717) is 11.7 Å². The van der Waals surface area contributed by atoms with Gasteiger partial charge in [0.15, 0.2) is 11.6 Å². The average molecular weight is 194 g/mol. The van der Waals surface area contributed by atoms with Crippen LogP contribution < -0.4 is 4.74 Å². The lowest BCUT2D eigenvalue weighted by Crippen LogP contribution is -1.99. The zero-order valence-corrected chi connectivity index (χ0v) is 7.38. The van der Waals surface area contributed by atoms with Crippen molar-refractivity contribution in [1.29, 1.82) is 0 Å².